The second-order valence-corrected chi connectivity index (χ2v) is 13.7. The van der Waals surface area contributed by atoms with E-state index in [2.05, 4.69) is 20.1 Å². The summed E-state index contributed by atoms with van der Waals surface area (Å²) in [5.74, 6) is -0.00866. The van der Waals surface area contributed by atoms with Gasteiger partial charge in [0.25, 0.3) is 5.91 Å². The highest BCUT2D eigenvalue weighted by molar-refractivity contribution is 7.91. The molecular formula is C21H19ClN4O3S3. The summed E-state index contributed by atoms with van der Waals surface area (Å²) in [6.45, 7) is 0. The van der Waals surface area contributed by atoms with Crippen molar-refractivity contribution in [2.24, 2.45) is 0 Å². The molecule has 1 amide bonds. The Bertz CT molecular complexity index is 1360. The third-order valence-corrected chi connectivity index (χ3v) is 11.0. The number of hydrogen-bond acceptors (Lipinski definition) is 8. The van der Waals surface area contributed by atoms with Crippen LogP contribution in [0.25, 0.3) is 11.3 Å². The third-order valence-electron chi connectivity index (χ3n) is 6.93. The molecule has 0 radical (unpaired) electrons. The van der Waals surface area contributed by atoms with Gasteiger partial charge in [0.1, 0.15) is 4.75 Å². The first-order chi connectivity index (χ1) is 15.1. The summed E-state index contributed by atoms with van der Waals surface area (Å²) >= 11 is 8.73. The monoisotopic (exact) mass is 506 g/mol. The summed E-state index contributed by atoms with van der Waals surface area (Å²) in [6, 6.07) is 7.68. The maximum Gasteiger partial charge on any atom is 0.282 e. The van der Waals surface area contributed by atoms with Gasteiger partial charge in [0, 0.05) is 33.2 Å². The molecule has 11 heteroatoms. The fourth-order valence-electron chi connectivity index (χ4n) is 5.11. The number of amides is 1. The lowest BCUT2D eigenvalue weighted by molar-refractivity contribution is -0.0808. The molecule has 4 aliphatic rings. The SMILES string of the molecule is CS(=O)(=O)C1(c2nsc(C(=O)NC34CC(c5nc(-c6cccc(Cl)c6)cs5)(C3)C4)n2)CC1. The maximum absolute atomic E-state index is 12.8. The van der Waals surface area contributed by atoms with Crippen LogP contribution in [0.1, 0.15) is 52.7 Å². The Kier molecular flexibility index (Phi) is 4.26. The van der Waals surface area contributed by atoms with Crippen molar-refractivity contribution in [1.82, 2.24) is 19.7 Å². The van der Waals surface area contributed by atoms with E-state index in [0.717, 1.165) is 47.1 Å². The van der Waals surface area contributed by atoms with Gasteiger partial charge in [0.05, 0.1) is 10.7 Å². The van der Waals surface area contributed by atoms with Crippen molar-refractivity contribution in [3.63, 3.8) is 0 Å². The fourth-order valence-corrected chi connectivity index (χ4v) is 8.31. The quantitative estimate of drug-likeness (QED) is 0.543. The van der Waals surface area contributed by atoms with E-state index in [0.29, 0.717) is 17.9 Å². The number of rotatable bonds is 6. The van der Waals surface area contributed by atoms with Crippen molar-refractivity contribution < 1.29 is 13.2 Å². The lowest BCUT2D eigenvalue weighted by Crippen LogP contribution is -2.76. The Labute approximate surface area is 198 Å². The number of aromatic nitrogens is 3. The minimum Gasteiger partial charge on any atom is -0.344 e. The van der Waals surface area contributed by atoms with E-state index in [1.807, 2.05) is 24.3 Å². The Morgan fingerprint density at radius 3 is 2.59 bits per heavy atom. The molecule has 0 atom stereocenters. The van der Waals surface area contributed by atoms with Crippen LogP contribution in [0.3, 0.4) is 0 Å². The molecule has 32 heavy (non-hydrogen) atoms. The number of thiazole rings is 1. The van der Waals surface area contributed by atoms with Crippen molar-refractivity contribution in [1.29, 1.82) is 0 Å². The van der Waals surface area contributed by atoms with Crippen LogP contribution in [-0.4, -0.2) is 40.5 Å². The van der Waals surface area contributed by atoms with Gasteiger partial charge in [-0.15, -0.1) is 11.3 Å². The van der Waals surface area contributed by atoms with Gasteiger partial charge in [-0.1, -0.05) is 23.7 Å². The Morgan fingerprint density at radius 2 is 1.94 bits per heavy atom. The lowest BCUT2D eigenvalue weighted by Gasteiger charge is -2.69. The number of sulfone groups is 1. The van der Waals surface area contributed by atoms with E-state index in [9.17, 15) is 13.2 Å². The first-order valence-electron chi connectivity index (χ1n) is 10.2. The molecule has 4 aliphatic carbocycles. The van der Waals surface area contributed by atoms with Crippen LogP contribution in [0, 0.1) is 0 Å². The van der Waals surface area contributed by atoms with Crippen LogP contribution in [0.15, 0.2) is 29.6 Å². The average molecular weight is 507 g/mol. The second-order valence-electron chi connectivity index (χ2n) is 9.28. The molecule has 1 aromatic carbocycles. The van der Waals surface area contributed by atoms with Gasteiger partial charge >= 0.3 is 0 Å². The third kappa shape index (κ3) is 2.99. The predicted molar refractivity (Wildman–Crippen MR) is 124 cm³/mol. The fraction of sp³-hybridized carbons (Fsp3) is 0.429. The van der Waals surface area contributed by atoms with Gasteiger partial charge in [-0.2, -0.15) is 4.37 Å². The van der Waals surface area contributed by atoms with E-state index < -0.39 is 14.6 Å². The van der Waals surface area contributed by atoms with Crippen LogP contribution in [0.4, 0.5) is 0 Å². The van der Waals surface area contributed by atoms with Gasteiger partial charge in [-0.05, 0) is 55.8 Å². The smallest absolute Gasteiger partial charge is 0.282 e. The number of halogens is 1. The molecule has 3 aromatic rings. The normalized spacial score (nSPS) is 27.3. The van der Waals surface area contributed by atoms with E-state index in [4.69, 9.17) is 16.6 Å². The topological polar surface area (TPSA) is 102 Å². The van der Waals surface area contributed by atoms with E-state index >= 15 is 0 Å². The summed E-state index contributed by atoms with van der Waals surface area (Å²) in [5.41, 5.74) is 1.75. The molecule has 2 bridgehead atoms. The van der Waals surface area contributed by atoms with Crippen molar-refractivity contribution in [3.05, 3.63) is 50.5 Å². The number of hydrogen-bond donors (Lipinski definition) is 1. The highest BCUT2D eigenvalue weighted by Crippen LogP contribution is 2.68. The molecule has 0 spiro atoms. The van der Waals surface area contributed by atoms with Crippen molar-refractivity contribution in [2.75, 3.05) is 6.26 Å². The van der Waals surface area contributed by atoms with Crippen molar-refractivity contribution in [3.8, 4) is 11.3 Å². The van der Waals surface area contributed by atoms with E-state index in [1.54, 1.807) is 11.3 Å². The highest BCUT2D eigenvalue weighted by atomic mass is 35.5. The second kappa shape index (κ2) is 6.59. The molecule has 2 aromatic heterocycles. The van der Waals surface area contributed by atoms with Crippen molar-refractivity contribution in [2.45, 2.75) is 47.8 Å². The molecule has 0 saturated heterocycles. The van der Waals surface area contributed by atoms with Gasteiger partial charge < -0.3 is 5.32 Å². The zero-order valence-corrected chi connectivity index (χ0v) is 20.3. The lowest BCUT2D eigenvalue weighted by atomic mass is 9.39. The minimum atomic E-state index is -3.30. The molecule has 0 aliphatic heterocycles. The molecule has 7 nitrogen and oxygen atoms in total. The number of carbonyl (C=O) groups excluding carboxylic acids is 1. The zero-order valence-electron chi connectivity index (χ0n) is 17.1. The number of carbonyl (C=O) groups is 1. The largest absolute Gasteiger partial charge is 0.344 e. The van der Waals surface area contributed by atoms with E-state index in [1.165, 1.54) is 6.26 Å². The Balaban J connectivity index is 1.13. The Morgan fingerprint density at radius 1 is 1.19 bits per heavy atom. The first kappa shape index (κ1) is 20.7. The van der Waals surface area contributed by atoms with Gasteiger partial charge in [0.15, 0.2) is 15.7 Å². The Hall–Kier alpha value is -1.88. The molecule has 7 rings (SSSR count). The van der Waals surface area contributed by atoms with E-state index in [-0.39, 0.29) is 27.7 Å². The summed E-state index contributed by atoms with van der Waals surface area (Å²) in [4.78, 5) is 21.9. The molecule has 1 N–H and O–H groups in total. The molecular weight excluding hydrogens is 488 g/mol. The molecule has 4 saturated carbocycles. The van der Waals surface area contributed by atoms with Gasteiger partial charge in [-0.3, -0.25) is 4.79 Å². The van der Waals surface area contributed by atoms with Crippen LogP contribution >= 0.6 is 34.5 Å². The van der Waals surface area contributed by atoms with Crippen LogP contribution in [0.2, 0.25) is 5.02 Å². The van der Waals surface area contributed by atoms with Crippen LogP contribution in [0.5, 0.6) is 0 Å². The predicted octanol–water partition coefficient (Wildman–Crippen LogP) is 3.95. The molecule has 4 fully saturated rings. The number of nitrogens with zero attached hydrogens (tertiary/aromatic N) is 3. The maximum atomic E-state index is 12.8. The molecule has 0 unspecified atom stereocenters. The van der Waals surface area contributed by atoms with Crippen LogP contribution in [-0.2, 0) is 20.0 Å². The number of nitrogens with one attached hydrogen (secondary N) is 1. The summed E-state index contributed by atoms with van der Waals surface area (Å²) in [7, 11) is -3.30. The average Bonchev–Trinajstić information content (AvgIpc) is 3.13. The zero-order chi connectivity index (χ0) is 22.4. The first-order valence-corrected chi connectivity index (χ1v) is 14.1. The van der Waals surface area contributed by atoms with Gasteiger partial charge in [0.2, 0.25) is 5.01 Å². The van der Waals surface area contributed by atoms with Gasteiger partial charge in [-0.25, -0.2) is 18.4 Å². The summed E-state index contributed by atoms with van der Waals surface area (Å²) in [5, 5.41) is 7.20. The standard InChI is InChI=1S/C21H19ClN4O3S3/c1-32(28,29)21(5-6-21)17-24-16(31-26-17)15(27)25-20-9-19(10-20,11-20)18-23-14(8-30-18)12-3-2-4-13(22)7-12/h2-4,7-8H,5-6,9-11H2,1H3,(H,25,27). The minimum absolute atomic E-state index is 0.0371. The summed E-state index contributed by atoms with van der Waals surface area (Å²) in [6.07, 6.45) is 4.80. The van der Waals surface area contributed by atoms with Crippen molar-refractivity contribution >= 4 is 50.2 Å². The summed E-state index contributed by atoms with van der Waals surface area (Å²) < 4.78 is 27.4. The number of benzene rings is 1. The molecule has 166 valence electrons. The highest BCUT2D eigenvalue weighted by Gasteiger charge is 2.70. The molecule has 2 heterocycles. The van der Waals surface area contributed by atoms with Crippen LogP contribution < -0.4 is 5.32 Å².